The van der Waals surface area contributed by atoms with E-state index in [4.69, 9.17) is 10.5 Å². The van der Waals surface area contributed by atoms with Gasteiger partial charge in [0, 0.05) is 10.0 Å². The molecular weight excluding hydrogens is 335 g/mol. The standard InChI is InChI=1S/C14H11BrF3NO/c1-20-7-2-3-8(10(15)6-7)14(19)9-4-5-11(16)13(18)12(9)17/h2-6,14H,19H2,1H3. The van der Waals surface area contributed by atoms with Crippen molar-refractivity contribution in [3.63, 3.8) is 0 Å². The molecule has 2 N–H and O–H groups in total. The number of nitrogens with two attached hydrogens (primary N) is 1. The lowest BCUT2D eigenvalue weighted by Crippen LogP contribution is -2.15. The van der Waals surface area contributed by atoms with Gasteiger partial charge in [-0.25, -0.2) is 13.2 Å². The van der Waals surface area contributed by atoms with E-state index in [0.717, 1.165) is 12.1 Å². The maximum Gasteiger partial charge on any atom is 0.194 e. The van der Waals surface area contributed by atoms with Crippen LogP contribution in [0.4, 0.5) is 13.2 Å². The molecule has 0 aliphatic carbocycles. The molecule has 0 spiro atoms. The van der Waals surface area contributed by atoms with E-state index in [-0.39, 0.29) is 5.56 Å². The van der Waals surface area contributed by atoms with E-state index in [1.807, 2.05) is 0 Å². The lowest BCUT2D eigenvalue weighted by molar-refractivity contribution is 0.414. The number of halogens is 4. The lowest BCUT2D eigenvalue weighted by Gasteiger charge is -2.16. The topological polar surface area (TPSA) is 35.2 Å². The van der Waals surface area contributed by atoms with Crippen LogP contribution in [0.5, 0.6) is 5.75 Å². The molecule has 0 aliphatic heterocycles. The van der Waals surface area contributed by atoms with Crippen molar-refractivity contribution in [1.29, 1.82) is 0 Å². The molecule has 6 heteroatoms. The summed E-state index contributed by atoms with van der Waals surface area (Å²) >= 11 is 3.29. The zero-order valence-corrected chi connectivity index (χ0v) is 12.0. The molecule has 20 heavy (non-hydrogen) atoms. The Morgan fingerprint density at radius 3 is 2.30 bits per heavy atom. The quantitative estimate of drug-likeness (QED) is 0.855. The molecule has 2 aromatic rings. The summed E-state index contributed by atoms with van der Waals surface area (Å²) in [6, 6.07) is 6.00. The van der Waals surface area contributed by atoms with Crippen LogP contribution in [-0.4, -0.2) is 7.11 Å². The summed E-state index contributed by atoms with van der Waals surface area (Å²) in [6.45, 7) is 0. The van der Waals surface area contributed by atoms with E-state index < -0.39 is 23.5 Å². The Balaban J connectivity index is 2.46. The Hall–Kier alpha value is -1.53. The van der Waals surface area contributed by atoms with Gasteiger partial charge in [0.25, 0.3) is 0 Å². The second kappa shape index (κ2) is 5.85. The monoisotopic (exact) mass is 345 g/mol. The summed E-state index contributed by atoms with van der Waals surface area (Å²) in [5.74, 6) is -3.45. The molecule has 0 saturated carbocycles. The zero-order chi connectivity index (χ0) is 14.9. The highest BCUT2D eigenvalue weighted by atomic mass is 79.9. The van der Waals surface area contributed by atoms with Gasteiger partial charge in [-0.2, -0.15) is 0 Å². The van der Waals surface area contributed by atoms with Crippen LogP contribution in [0.2, 0.25) is 0 Å². The molecule has 1 atom stereocenters. The number of ether oxygens (including phenoxy) is 1. The second-order valence-corrected chi connectivity index (χ2v) is 4.98. The van der Waals surface area contributed by atoms with Crippen LogP contribution in [0.25, 0.3) is 0 Å². The van der Waals surface area contributed by atoms with Crippen LogP contribution in [0, 0.1) is 17.5 Å². The van der Waals surface area contributed by atoms with Gasteiger partial charge < -0.3 is 10.5 Å². The van der Waals surface area contributed by atoms with E-state index in [1.165, 1.54) is 7.11 Å². The summed E-state index contributed by atoms with van der Waals surface area (Å²) in [7, 11) is 1.51. The highest BCUT2D eigenvalue weighted by Gasteiger charge is 2.21. The van der Waals surface area contributed by atoms with E-state index >= 15 is 0 Å². The number of hydrogen-bond acceptors (Lipinski definition) is 2. The number of methoxy groups -OCH3 is 1. The first-order chi connectivity index (χ1) is 9.45. The van der Waals surface area contributed by atoms with Gasteiger partial charge in [-0.3, -0.25) is 0 Å². The van der Waals surface area contributed by atoms with Gasteiger partial charge in [0.2, 0.25) is 0 Å². The first kappa shape index (κ1) is 14.9. The fourth-order valence-electron chi connectivity index (χ4n) is 1.84. The fourth-order valence-corrected chi connectivity index (χ4v) is 2.44. The van der Waals surface area contributed by atoms with Crippen molar-refractivity contribution in [2.75, 3.05) is 7.11 Å². The van der Waals surface area contributed by atoms with Gasteiger partial charge in [0.1, 0.15) is 5.75 Å². The van der Waals surface area contributed by atoms with Gasteiger partial charge in [-0.1, -0.05) is 28.1 Å². The minimum Gasteiger partial charge on any atom is -0.497 e. The summed E-state index contributed by atoms with van der Waals surface area (Å²) in [5.41, 5.74) is 6.35. The van der Waals surface area contributed by atoms with Gasteiger partial charge in [-0.05, 0) is 23.8 Å². The molecule has 0 radical (unpaired) electrons. The largest absolute Gasteiger partial charge is 0.497 e. The summed E-state index contributed by atoms with van der Waals surface area (Å²) in [6.07, 6.45) is 0. The summed E-state index contributed by atoms with van der Waals surface area (Å²) in [5, 5.41) is 0. The van der Waals surface area contributed by atoms with Gasteiger partial charge >= 0.3 is 0 Å². The molecule has 2 nitrogen and oxygen atoms in total. The van der Waals surface area contributed by atoms with Crippen molar-refractivity contribution in [3.8, 4) is 5.75 Å². The molecule has 2 aromatic carbocycles. The van der Waals surface area contributed by atoms with Crippen LogP contribution in [-0.2, 0) is 0 Å². The summed E-state index contributed by atoms with van der Waals surface area (Å²) < 4.78 is 45.5. The molecule has 0 bridgehead atoms. The van der Waals surface area contributed by atoms with Gasteiger partial charge in [0.05, 0.1) is 13.2 Å². The third-order valence-corrected chi connectivity index (χ3v) is 3.63. The van der Waals surface area contributed by atoms with Crippen molar-refractivity contribution >= 4 is 15.9 Å². The second-order valence-electron chi connectivity index (χ2n) is 4.13. The number of rotatable bonds is 3. The number of benzene rings is 2. The average Bonchev–Trinajstić information content (AvgIpc) is 2.44. The molecule has 0 amide bonds. The molecule has 1 unspecified atom stereocenters. The third-order valence-electron chi connectivity index (χ3n) is 2.94. The third kappa shape index (κ3) is 2.66. The molecule has 0 saturated heterocycles. The van der Waals surface area contributed by atoms with Crippen LogP contribution in [0.3, 0.4) is 0 Å². The molecule has 106 valence electrons. The molecule has 0 heterocycles. The van der Waals surface area contributed by atoms with Gasteiger partial charge in [0.15, 0.2) is 17.5 Å². The molecule has 0 fully saturated rings. The lowest BCUT2D eigenvalue weighted by atomic mass is 9.98. The van der Waals surface area contributed by atoms with Crippen molar-refractivity contribution in [2.24, 2.45) is 5.73 Å². The molecular formula is C14H11BrF3NO. The minimum absolute atomic E-state index is 0.116. The zero-order valence-electron chi connectivity index (χ0n) is 10.5. The Labute approximate surface area is 122 Å². The molecule has 0 aromatic heterocycles. The Kier molecular flexibility index (Phi) is 4.35. The first-order valence-corrected chi connectivity index (χ1v) is 6.47. The van der Waals surface area contributed by atoms with Crippen molar-refractivity contribution < 1.29 is 17.9 Å². The van der Waals surface area contributed by atoms with E-state index in [2.05, 4.69) is 15.9 Å². The van der Waals surface area contributed by atoms with Crippen molar-refractivity contribution in [1.82, 2.24) is 0 Å². The Morgan fingerprint density at radius 2 is 1.70 bits per heavy atom. The molecule has 0 aliphatic rings. The minimum atomic E-state index is -1.53. The maximum atomic E-state index is 13.7. The van der Waals surface area contributed by atoms with E-state index in [1.54, 1.807) is 18.2 Å². The van der Waals surface area contributed by atoms with Gasteiger partial charge in [-0.15, -0.1) is 0 Å². The van der Waals surface area contributed by atoms with Crippen molar-refractivity contribution in [3.05, 3.63) is 63.4 Å². The van der Waals surface area contributed by atoms with E-state index in [0.29, 0.717) is 15.8 Å². The predicted molar refractivity (Wildman–Crippen MR) is 73.0 cm³/mol. The Bertz CT molecular complexity index is 649. The average molecular weight is 346 g/mol. The Morgan fingerprint density at radius 1 is 1.05 bits per heavy atom. The predicted octanol–water partition coefficient (Wildman–Crippen LogP) is 3.92. The summed E-state index contributed by atoms with van der Waals surface area (Å²) in [4.78, 5) is 0. The molecule has 2 rings (SSSR count). The smallest absolute Gasteiger partial charge is 0.194 e. The first-order valence-electron chi connectivity index (χ1n) is 5.68. The van der Waals surface area contributed by atoms with Crippen molar-refractivity contribution in [2.45, 2.75) is 6.04 Å². The fraction of sp³-hybridized carbons (Fsp3) is 0.143. The highest BCUT2D eigenvalue weighted by molar-refractivity contribution is 9.10. The van der Waals surface area contributed by atoms with Crippen LogP contribution >= 0.6 is 15.9 Å². The normalized spacial score (nSPS) is 12.3. The SMILES string of the molecule is COc1ccc(C(N)c2ccc(F)c(F)c2F)c(Br)c1. The highest BCUT2D eigenvalue weighted by Crippen LogP contribution is 2.31. The number of hydrogen-bond donors (Lipinski definition) is 1. The maximum absolute atomic E-state index is 13.7. The van der Waals surface area contributed by atoms with Crippen LogP contribution < -0.4 is 10.5 Å². The van der Waals surface area contributed by atoms with E-state index in [9.17, 15) is 13.2 Å². The van der Waals surface area contributed by atoms with Crippen LogP contribution in [0.1, 0.15) is 17.2 Å². The van der Waals surface area contributed by atoms with Crippen LogP contribution in [0.15, 0.2) is 34.8 Å².